The van der Waals surface area contributed by atoms with Gasteiger partial charge >= 0.3 is 5.97 Å². The van der Waals surface area contributed by atoms with Gasteiger partial charge in [0.2, 0.25) is 5.76 Å². The summed E-state index contributed by atoms with van der Waals surface area (Å²) in [4.78, 5) is 11.3. The van der Waals surface area contributed by atoms with E-state index in [1.807, 2.05) is 0 Å². The SMILES string of the molecule is O=C1O[C@H]([C@@H](O)CO)C(OCCCCCCCCCCCCO)=C1O. The molecule has 0 spiro atoms. The van der Waals surface area contributed by atoms with Crippen LogP contribution in [-0.2, 0) is 14.3 Å². The average molecular weight is 360 g/mol. The predicted octanol–water partition coefficient (Wildman–Crippen LogP) is 1.94. The van der Waals surface area contributed by atoms with Crippen LogP contribution in [0.4, 0.5) is 0 Å². The zero-order valence-electron chi connectivity index (χ0n) is 14.9. The van der Waals surface area contributed by atoms with Gasteiger partial charge in [-0.2, -0.15) is 0 Å². The Bertz CT molecular complexity index is 408. The van der Waals surface area contributed by atoms with Crippen LogP contribution in [0.25, 0.3) is 0 Å². The summed E-state index contributed by atoms with van der Waals surface area (Å²) in [6.07, 6.45) is 8.45. The van der Waals surface area contributed by atoms with E-state index in [9.17, 15) is 15.0 Å². The van der Waals surface area contributed by atoms with E-state index in [2.05, 4.69) is 0 Å². The van der Waals surface area contributed by atoms with Crippen molar-refractivity contribution in [2.45, 2.75) is 76.4 Å². The minimum absolute atomic E-state index is 0.0885. The smallest absolute Gasteiger partial charge is 0.378 e. The highest BCUT2D eigenvalue weighted by atomic mass is 16.6. The Labute approximate surface area is 149 Å². The minimum Gasteiger partial charge on any atom is -0.499 e. The molecule has 0 aliphatic carbocycles. The maximum Gasteiger partial charge on any atom is 0.378 e. The molecule has 4 N–H and O–H groups in total. The van der Waals surface area contributed by atoms with Crippen molar-refractivity contribution in [3.8, 4) is 0 Å². The van der Waals surface area contributed by atoms with Crippen molar-refractivity contribution in [2.24, 2.45) is 0 Å². The molecule has 7 heteroatoms. The van der Waals surface area contributed by atoms with Crippen molar-refractivity contribution >= 4 is 5.97 Å². The van der Waals surface area contributed by atoms with Gasteiger partial charge in [0.25, 0.3) is 0 Å². The molecule has 0 aromatic carbocycles. The van der Waals surface area contributed by atoms with E-state index in [4.69, 9.17) is 19.7 Å². The van der Waals surface area contributed by atoms with Crippen LogP contribution < -0.4 is 0 Å². The maximum absolute atomic E-state index is 11.3. The largest absolute Gasteiger partial charge is 0.499 e. The molecule has 25 heavy (non-hydrogen) atoms. The normalized spacial score (nSPS) is 18.5. The van der Waals surface area contributed by atoms with Gasteiger partial charge in [0.15, 0.2) is 11.9 Å². The molecular weight excluding hydrogens is 328 g/mol. The van der Waals surface area contributed by atoms with E-state index in [0.717, 1.165) is 32.1 Å². The van der Waals surface area contributed by atoms with Gasteiger partial charge in [-0.25, -0.2) is 4.79 Å². The number of cyclic esters (lactones) is 1. The number of aliphatic hydroxyl groups excluding tert-OH is 4. The van der Waals surface area contributed by atoms with E-state index in [-0.39, 0.29) is 12.4 Å². The molecule has 0 aromatic rings. The second-order valence-corrected chi connectivity index (χ2v) is 6.40. The lowest BCUT2D eigenvalue weighted by Crippen LogP contribution is -2.32. The molecule has 0 fully saturated rings. The number of ether oxygens (including phenoxy) is 2. The second kappa shape index (κ2) is 13.0. The molecule has 1 aliphatic rings. The zero-order valence-corrected chi connectivity index (χ0v) is 14.9. The standard InChI is InChI=1S/C18H32O7/c19-11-9-7-5-3-1-2-4-6-8-10-12-24-17-15(22)18(23)25-16(17)14(21)13-20/h14,16,19-22H,1-13H2/t14-,16+/m0/s1. The third kappa shape index (κ3) is 8.07. The lowest BCUT2D eigenvalue weighted by Gasteiger charge is -2.18. The highest BCUT2D eigenvalue weighted by Gasteiger charge is 2.40. The van der Waals surface area contributed by atoms with Crippen LogP contribution in [0.5, 0.6) is 0 Å². The summed E-state index contributed by atoms with van der Waals surface area (Å²) in [6.45, 7) is 0.0284. The maximum atomic E-state index is 11.3. The Hall–Kier alpha value is -1.31. The summed E-state index contributed by atoms with van der Waals surface area (Å²) in [7, 11) is 0. The first-order valence-corrected chi connectivity index (χ1v) is 9.28. The Morgan fingerprint density at radius 1 is 0.920 bits per heavy atom. The van der Waals surface area contributed by atoms with E-state index < -0.39 is 30.5 Å². The topological polar surface area (TPSA) is 116 Å². The molecule has 1 aliphatic heterocycles. The van der Waals surface area contributed by atoms with Crippen LogP contribution in [-0.4, -0.2) is 58.4 Å². The molecule has 0 amide bonds. The van der Waals surface area contributed by atoms with Gasteiger partial charge in [0.05, 0.1) is 13.2 Å². The van der Waals surface area contributed by atoms with Crippen molar-refractivity contribution in [1.29, 1.82) is 0 Å². The van der Waals surface area contributed by atoms with E-state index in [0.29, 0.717) is 6.61 Å². The summed E-state index contributed by atoms with van der Waals surface area (Å²) in [6, 6.07) is 0. The first-order valence-electron chi connectivity index (χ1n) is 9.28. The summed E-state index contributed by atoms with van der Waals surface area (Å²) in [5, 5.41) is 36.8. The summed E-state index contributed by atoms with van der Waals surface area (Å²) < 4.78 is 10.2. The lowest BCUT2D eigenvalue weighted by molar-refractivity contribution is -0.148. The van der Waals surface area contributed by atoms with Crippen molar-refractivity contribution in [2.75, 3.05) is 19.8 Å². The van der Waals surface area contributed by atoms with Crippen LogP contribution >= 0.6 is 0 Å². The summed E-state index contributed by atoms with van der Waals surface area (Å²) in [5.41, 5.74) is 0. The number of hydrogen-bond donors (Lipinski definition) is 4. The molecule has 1 heterocycles. The van der Waals surface area contributed by atoms with Gasteiger partial charge in [0.1, 0.15) is 6.10 Å². The molecule has 146 valence electrons. The number of carbonyl (C=O) groups excluding carboxylic acids is 1. The first kappa shape index (κ1) is 21.7. The third-order valence-corrected chi connectivity index (χ3v) is 4.27. The van der Waals surface area contributed by atoms with Crippen LogP contribution in [0.15, 0.2) is 11.5 Å². The van der Waals surface area contributed by atoms with Crippen molar-refractivity contribution in [3.05, 3.63) is 11.5 Å². The number of esters is 1. The summed E-state index contributed by atoms with van der Waals surface area (Å²) in [5.74, 6) is -1.65. The predicted molar refractivity (Wildman–Crippen MR) is 91.8 cm³/mol. The molecule has 2 atom stereocenters. The highest BCUT2D eigenvalue weighted by molar-refractivity contribution is 5.89. The van der Waals surface area contributed by atoms with E-state index >= 15 is 0 Å². The summed E-state index contributed by atoms with van der Waals surface area (Å²) >= 11 is 0. The number of unbranched alkanes of at least 4 members (excludes halogenated alkanes) is 9. The van der Waals surface area contributed by atoms with Gasteiger partial charge in [-0.1, -0.05) is 51.4 Å². The molecule has 0 saturated carbocycles. The molecular formula is C18H32O7. The average Bonchev–Trinajstić information content (AvgIpc) is 2.90. The van der Waals surface area contributed by atoms with Crippen molar-refractivity contribution in [3.63, 3.8) is 0 Å². The quantitative estimate of drug-likeness (QED) is 0.260. The highest BCUT2D eigenvalue weighted by Crippen LogP contribution is 2.25. The van der Waals surface area contributed by atoms with Crippen molar-refractivity contribution < 1.29 is 34.7 Å². The lowest BCUT2D eigenvalue weighted by atomic mass is 10.1. The number of rotatable bonds is 15. The fourth-order valence-electron chi connectivity index (χ4n) is 2.77. The Balaban J connectivity index is 2.06. The van der Waals surface area contributed by atoms with Gasteiger partial charge < -0.3 is 29.9 Å². The van der Waals surface area contributed by atoms with Crippen LogP contribution in [0.2, 0.25) is 0 Å². The van der Waals surface area contributed by atoms with E-state index in [1.165, 1.54) is 32.1 Å². The Morgan fingerprint density at radius 2 is 1.44 bits per heavy atom. The molecule has 0 bridgehead atoms. The first-order chi connectivity index (χ1) is 12.1. The molecule has 0 aromatic heterocycles. The zero-order chi connectivity index (χ0) is 18.5. The Morgan fingerprint density at radius 3 is 1.96 bits per heavy atom. The fraction of sp³-hybridized carbons (Fsp3) is 0.833. The number of carbonyl (C=O) groups is 1. The monoisotopic (exact) mass is 360 g/mol. The number of aliphatic hydroxyl groups is 4. The second-order valence-electron chi connectivity index (χ2n) is 6.40. The molecule has 7 nitrogen and oxygen atoms in total. The van der Waals surface area contributed by atoms with Gasteiger partial charge in [0, 0.05) is 6.61 Å². The van der Waals surface area contributed by atoms with Crippen molar-refractivity contribution in [1.82, 2.24) is 0 Å². The minimum atomic E-state index is -1.30. The van der Waals surface area contributed by atoms with Crippen LogP contribution in [0.1, 0.15) is 64.2 Å². The van der Waals surface area contributed by atoms with Crippen LogP contribution in [0, 0.1) is 0 Å². The molecule has 0 radical (unpaired) electrons. The fourth-order valence-corrected chi connectivity index (χ4v) is 2.77. The Kier molecular flexibility index (Phi) is 11.3. The molecule has 1 rings (SSSR count). The third-order valence-electron chi connectivity index (χ3n) is 4.27. The van der Waals surface area contributed by atoms with Gasteiger partial charge in [-0.05, 0) is 12.8 Å². The molecule has 0 unspecified atom stereocenters. The van der Waals surface area contributed by atoms with Crippen LogP contribution in [0.3, 0.4) is 0 Å². The van der Waals surface area contributed by atoms with Gasteiger partial charge in [-0.3, -0.25) is 0 Å². The molecule has 0 saturated heterocycles. The number of hydrogen-bond acceptors (Lipinski definition) is 7. The van der Waals surface area contributed by atoms with Gasteiger partial charge in [-0.15, -0.1) is 0 Å². The van der Waals surface area contributed by atoms with E-state index in [1.54, 1.807) is 0 Å².